The minimum absolute atomic E-state index is 0.133. The van der Waals surface area contributed by atoms with Gasteiger partial charge in [-0.3, -0.25) is 19.5 Å². The molecule has 0 N–H and O–H groups in total. The quantitative estimate of drug-likeness (QED) is 0.346. The molecule has 1 aromatic heterocycles. The number of ether oxygens (including phenoxy) is 2. The zero-order valence-electron chi connectivity index (χ0n) is 17.5. The molecule has 33 heavy (non-hydrogen) atoms. The Bertz CT molecular complexity index is 1470. The monoisotopic (exact) mass is 434 g/mol. The second kappa shape index (κ2) is 7.60. The van der Waals surface area contributed by atoms with Crippen LogP contribution in [-0.4, -0.2) is 28.5 Å². The molecule has 2 aliphatic heterocycles. The van der Waals surface area contributed by atoms with Gasteiger partial charge in [-0.1, -0.05) is 48.5 Å². The number of benzene rings is 3. The van der Waals surface area contributed by atoms with E-state index in [0.29, 0.717) is 28.2 Å². The van der Waals surface area contributed by atoms with Crippen molar-refractivity contribution in [2.24, 2.45) is 0 Å². The molecule has 0 fully saturated rings. The van der Waals surface area contributed by atoms with Gasteiger partial charge in [-0.2, -0.15) is 0 Å². The Morgan fingerprint density at radius 2 is 1.67 bits per heavy atom. The SMILES string of the molecule is O=C1/C(=C\c2cccc3cccnc23)c2ccccc2C(=O)N1Cc1ccc2c(c1)OCO2. The van der Waals surface area contributed by atoms with Gasteiger partial charge < -0.3 is 9.47 Å². The molecule has 0 radical (unpaired) electrons. The summed E-state index contributed by atoms with van der Waals surface area (Å²) in [7, 11) is 0. The zero-order chi connectivity index (χ0) is 22.4. The largest absolute Gasteiger partial charge is 0.454 e. The number of aromatic nitrogens is 1. The van der Waals surface area contributed by atoms with Crippen molar-refractivity contribution < 1.29 is 19.1 Å². The number of fused-ring (bicyclic) bond motifs is 3. The van der Waals surface area contributed by atoms with Gasteiger partial charge in [-0.25, -0.2) is 0 Å². The van der Waals surface area contributed by atoms with Gasteiger partial charge in [0.1, 0.15) is 0 Å². The predicted molar refractivity (Wildman–Crippen MR) is 124 cm³/mol. The Kier molecular flexibility index (Phi) is 4.43. The van der Waals surface area contributed by atoms with Gasteiger partial charge in [0.2, 0.25) is 6.79 Å². The molecule has 0 bridgehead atoms. The molecule has 0 saturated heterocycles. The minimum atomic E-state index is -0.343. The molecule has 3 heterocycles. The third-order valence-corrected chi connectivity index (χ3v) is 5.91. The lowest BCUT2D eigenvalue weighted by molar-refractivity contribution is -0.123. The number of para-hydroxylation sites is 1. The number of hydrogen-bond donors (Lipinski definition) is 0. The number of nitrogens with zero attached hydrogens (tertiary/aromatic N) is 2. The summed E-state index contributed by atoms with van der Waals surface area (Å²) in [5.41, 5.74) is 4.00. The van der Waals surface area contributed by atoms with Gasteiger partial charge in [0.25, 0.3) is 11.8 Å². The van der Waals surface area contributed by atoms with E-state index in [9.17, 15) is 9.59 Å². The molecule has 0 atom stereocenters. The van der Waals surface area contributed by atoms with Crippen LogP contribution in [0, 0.1) is 0 Å². The number of carbonyl (C=O) groups excluding carboxylic acids is 2. The van der Waals surface area contributed by atoms with E-state index < -0.39 is 0 Å². The van der Waals surface area contributed by atoms with Crippen molar-refractivity contribution >= 4 is 34.4 Å². The van der Waals surface area contributed by atoms with Gasteiger partial charge in [0.15, 0.2) is 11.5 Å². The first kappa shape index (κ1) is 19.3. The van der Waals surface area contributed by atoms with Gasteiger partial charge in [-0.15, -0.1) is 0 Å². The van der Waals surface area contributed by atoms with Crippen molar-refractivity contribution in [1.82, 2.24) is 9.88 Å². The lowest BCUT2D eigenvalue weighted by Crippen LogP contribution is -2.41. The topological polar surface area (TPSA) is 68.7 Å². The van der Waals surface area contributed by atoms with Crippen molar-refractivity contribution in [1.29, 1.82) is 0 Å². The summed E-state index contributed by atoms with van der Waals surface area (Å²) in [6.45, 7) is 0.299. The molecule has 0 spiro atoms. The smallest absolute Gasteiger partial charge is 0.261 e. The predicted octanol–water partition coefficient (Wildman–Crippen LogP) is 4.69. The Morgan fingerprint density at radius 1 is 0.848 bits per heavy atom. The maximum atomic E-state index is 13.6. The second-order valence-corrected chi connectivity index (χ2v) is 7.91. The standard InChI is InChI=1S/C27H18N2O4/c30-26-21-9-2-1-8-20(21)22(14-19-6-3-5-18-7-4-12-28-25(18)19)27(31)29(26)15-17-10-11-23-24(13-17)33-16-32-23/h1-14H,15-16H2/b22-14-. The van der Waals surface area contributed by atoms with E-state index in [0.717, 1.165) is 22.0 Å². The number of imide groups is 1. The molecule has 160 valence electrons. The fourth-order valence-corrected chi connectivity index (χ4v) is 4.31. The summed E-state index contributed by atoms with van der Waals surface area (Å²) in [6, 6.07) is 22.4. The number of carbonyl (C=O) groups is 2. The van der Waals surface area contributed by atoms with Crippen molar-refractivity contribution in [3.63, 3.8) is 0 Å². The van der Waals surface area contributed by atoms with Crippen LogP contribution in [0.2, 0.25) is 0 Å². The van der Waals surface area contributed by atoms with Crippen molar-refractivity contribution in [3.05, 3.63) is 101 Å². The van der Waals surface area contributed by atoms with Crippen LogP contribution in [0.5, 0.6) is 11.5 Å². The summed E-state index contributed by atoms with van der Waals surface area (Å²) in [6.07, 6.45) is 3.56. The summed E-state index contributed by atoms with van der Waals surface area (Å²) < 4.78 is 10.8. The zero-order valence-corrected chi connectivity index (χ0v) is 17.5. The minimum Gasteiger partial charge on any atom is -0.454 e. The summed E-state index contributed by atoms with van der Waals surface area (Å²) in [5.74, 6) is 0.609. The van der Waals surface area contributed by atoms with Crippen LogP contribution in [-0.2, 0) is 11.3 Å². The molecule has 6 heteroatoms. The van der Waals surface area contributed by atoms with Gasteiger partial charge >= 0.3 is 0 Å². The molecular formula is C27H18N2O4. The fraction of sp³-hybridized carbons (Fsp3) is 0.0741. The van der Waals surface area contributed by atoms with Crippen molar-refractivity contribution in [3.8, 4) is 11.5 Å². The van der Waals surface area contributed by atoms with E-state index in [1.54, 1.807) is 24.4 Å². The number of amides is 2. The summed E-state index contributed by atoms with van der Waals surface area (Å²) >= 11 is 0. The highest BCUT2D eigenvalue weighted by Crippen LogP contribution is 2.35. The molecule has 0 saturated carbocycles. The van der Waals surface area contributed by atoms with E-state index in [4.69, 9.17) is 9.47 Å². The molecule has 0 aliphatic carbocycles. The van der Waals surface area contributed by atoms with Gasteiger partial charge in [0, 0.05) is 28.3 Å². The average Bonchev–Trinajstić information content (AvgIpc) is 3.32. The maximum absolute atomic E-state index is 13.6. The first-order valence-corrected chi connectivity index (χ1v) is 10.6. The molecule has 3 aromatic carbocycles. The highest BCUT2D eigenvalue weighted by Gasteiger charge is 2.35. The number of pyridine rings is 1. The number of hydrogen-bond acceptors (Lipinski definition) is 5. The summed E-state index contributed by atoms with van der Waals surface area (Å²) in [4.78, 5) is 32.7. The Morgan fingerprint density at radius 3 is 2.58 bits per heavy atom. The molecular weight excluding hydrogens is 416 g/mol. The van der Waals surface area contributed by atoms with Crippen molar-refractivity contribution in [2.75, 3.05) is 6.79 Å². The van der Waals surface area contributed by atoms with Crippen LogP contribution in [0.1, 0.15) is 27.0 Å². The average molecular weight is 434 g/mol. The highest BCUT2D eigenvalue weighted by atomic mass is 16.7. The van der Waals surface area contributed by atoms with Crippen LogP contribution < -0.4 is 9.47 Å². The normalized spacial score (nSPS) is 15.9. The highest BCUT2D eigenvalue weighted by molar-refractivity contribution is 6.34. The van der Waals surface area contributed by atoms with Crippen LogP contribution in [0.3, 0.4) is 0 Å². The first-order valence-electron chi connectivity index (χ1n) is 10.6. The van der Waals surface area contributed by atoms with Crippen LogP contribution in [0.15, 0.2) is 79.0 Å². The summed E-state index contributed by atoms with van der Waals surface area (Å²) in [5, 5.41) is 0.983. The van der Waals surface area contributed by atoms with Crippen LogP contribution >= 0.6 is 0 Å². The number of rotatable bonds is 3. The van der Waals surface area contributed by atoms with Gasteiger partial charge in [0.05, 0.1) is 12.1 Å². The maximum Gasteiger partial charge on any atom is 0.261 e. The van der Waals surface area contributed by atoms with E-state index in [2.05, 4.69) is 4.98 Å². The molecule has 4 aromatic rings. The van der Waals surface area contributed by atoms with E-state index in [-0.39, 0.29) is 25.2 Å². The third kappa shape index (κ3) is 3.24. The fourth-order valence-electron chi connectivity index (χ4n) is 4.31. The lowest BCUT2D eigenvalue weighted by atomic mass is 9.91. The van der Waals surface area contributed by atoms with E-state index >= 15 is 0 Å². The molecule has 6 rings (SSSR count). The Balaban J connectivity index is 1.45. The lowest BCUT2D eigenvalue weighted by Gasteiger charge is -2.29. The Hall–Kier alpha value is -4.45. The molecule has 2 amide bonds. The van der Waals surface area contributed by atoms with E-state index in [1.807, 2.05) is 60.7 Å². The van der Waals surface area contributed by atoms with E-state index in [1.165, 1.54) is 4.90 Å². The van der Waals surface area contributed by atoms with Crippen molar-refractivity contribution in [2.45, 2.75) is 6.54 Å². The third-order valence-electron chi connectivity index (χ3n) is 5.91. The molecule has 0 unspecified atom stereocenters. The molecule has 6 nitrogen and oxygen atoms in total. The van der Waals surface area contributed by atoms with Crippen LogP contribution in [0.25, 0.3) is 22.6 Å². The molecule has 2 aliphatic rings. The van der Waals surface area contributed by atoms with Crippen LogP contribution in [0.4, 0.5) is 0 Å². The second-order valence-electron chi connectivity index (χ2n) is 7.91. The van der Waals surface area contributed by atoms with Gasteiger partial charge in [-0.05, 0) is 41.5 Å². The Labute approximate surface area is 189 Å². The first-order chi connectivity index (χ1) is 16.2.